The van der Waals surface area contributed by atoms with Gasteiger partial charge in [-0.3, -0.25) is 4.79 Å². The molecule has 0 saturated heterocycles. The summed E-state index contributed by atoms with van der Waals surface area (Å²) < 4.78 is 6.13. The van der Waals surface area contributed by atoms with E-state index in [9.17, 15) is 4.79 Å². The first kappa shape index (κ1) is 20.7. The van der Waals surface area contributed by atoms with Crippen molar-refractivity contribution < 1.29 is 9.53 Å². The summed E-state index contributed by atoms with van der Waals surface area (Å²) in [5.74, 6) is 3.64. The Labute approximate surface area is 173 Å². The molecule has 2 heteroatoms. The normalized spacial score (nSPS) is 46.1. The third kappa shape index (κ3) is 3.35. The minimum Gasteiger partial charge on any atom is -0.462 e. The largest absolute Gasteiger partial charge is 0.462 e. The molecule has 4 fully saturated rings. The van der Waals surface area contributed by atoms with Crippen molar-refractivity contribution in [1.82, 2.24) is 0 Å². The van der Waals surface area contributed by atoms with Crippen LogP contribution < -0.4 is 0 Å². The van der Waals surface area contributed by atoms with E-state index >= 15 is 0 Å². The molecule has 0 aliphatic heterocycles. The molecule has 4 saturated carbocycles. The summed E-state index contributed by atoms with van der Waals surface area (Å²) >= 11 is 0. The monoisotopic (exact) mass is 388 g/mol. The highest BCUT2D eigenvalue weighted by Gasteiger charge is 2.57. The summed E-state index contributed by atoms with van der Waals surface area (Å²) in [5.41, 5.74) is 0.664. The number of fused-ring (bicyclic) bond motifs is 5. The molecule has 7 atom stereocenters. The topological polar surface area (TPSA) is 26.3 Å². The van der Waals surface area contributed by atoms with E-state index in [0.717, 1.165) is 42.9 Å². The number of rotatable bonds is 3. The number of carbonyl (C=O) groups is 1. The van der Waals surface area contributed by atoms with Crippen LogP contribution in [0.25, 0.3) is 0 Å². The summed E-state index contributed by atoms with van der Waals surface area (Å²) in [6, 6.07) is 0. The Morgan fingerprint density at radius 1 is 0.964 bits per heavy atom. The van der Waals surface area contributed by atoms with Crippen LogP contribution in [-0.4, -0.2) is 12.1 Å². The second-order valence-corrected chi connectivity index (χ2v) is 12.1. The standard InChI is InChI=1S/C26H44O2/c1-6-24(2,3)23(27)28-19-12-10-18-11-13-20-21-9-7-8-15-25(21,4)16-14-22(20)26(18,5)17-19/h18-22H,6-17H2,1-5H3/t18?,19?,20?,21?,22?,25-,26-/m0/s1. The van der Waals surface area contributed by atoms with Gasteiger partial charge in [-0.05, 0) is 113 Å². The van der Waals surface area contributed by atoms with Gasteiger partial charge in [-0.25, -0.2) is 0 Å². The number of carbonyl (C=O) groups excluding carboxylic acids is 1. The van der Waals surface area contributed by atoms with E-state index in [1.807, 2.05) is 13.8 Å². The van der Waals surface area contributed by atoms with Crippen molar-refractivity contribution in [3.63, 3.8) is 0 Å². The van der Waals surface area contributed by atoms with Crippen LogP contribution in [0.2, 0.25) is 0 Å². The summed E-state index contributed by atoms with van der Waals surface area (Å²) in [5, 5.41) is 0. The molecular weight excluding hydrogens is 344 g/mol. The van der Waals surface area contributed by atoms with Crippen LogP contribution in [0.4, 0.5) is 0 Å². The molecule has 0 heterocycles. The molecule has 0 N–H and O–H groups in total. The van der Waals surface area contributed by atoms with E-state index in [2.05, 4.69) is 20.8 Å². The van der Waals surface area contributed by atoms with Crippen molar-refractivity contribution in [2.45, 2.75) is 118 Å². The molecule has 5 unspecified atom stereocenters. The van der Waals surface area contributed by atoms with Gasteiger partial charge in [-0.1, -0.05) is 33.6 Å². The number of esters is 1. The molecule has 0 bridgehead atoms. The maximum atomic E-state index is 12.7. The van der Waals surface area contributed by atoms with E-state index in [0.29, 0.717) is 10.8 Å². The molecule has 0 aromatic rings. The fourth-order valence-electron chi connectivity index (χ4n) is 8.02. The van der Waals surface area contributed by atoms with Gasteiger partial charge in [0.1, 0.15) is 6.10 Å². The molecule has 0 aromatic carbocycles. The second kappa shape index (κ2) is 7.31. The Morgan fingerprint density at radius 2 is 1.71 bits per heavy atom. The zero-order valence-electron chi connectivity index (χ0n) is 19.2. The van der Waals surface area contributed by atoms with Gasteiger partial charge in [0.2, 0.25) is 0 Å². The summed E-state index contributed by atoms with van der Waals surface area (Å²) in [6.45, 7) is 11.4. The van der Waals surface area contributed by atoms with E-state index in [1.54, 1.807) is 0 Å². The third-order valence-corrected chi connectivity index (χ3v) is 10.3. The lowest BCUT2D eigenvalue weighted by molar-refractivity contribution is -0.175. The highest BCUT2D eigenvalue weighted by molar-refractivity contribution is 5.76. The molecule has 4 rings (SSSR count). The van der Waals surface area contributed by atoms with Crippen LogP contribution in [0, 0.1) is 39.9 Å². The molecule has 2 nitrogen and oxygen atoms in total. The van der Waals surface area contributed by atoms with Gasteiger partial charge >= 0.3 is 5.97 Å². The Bertz CT molecular complexity index is 595. The van der Waals surface area contributed by atoms with E-state index < -0.39 is 0 Å². The quantitative estimate of drug-likeness (QED) is 0.479. The lowest BCUT2D eigenvalue weighted by Gasteiger charge is -2.62. The average molecular weight is 389 g/mol. The molecule has 0 aromatic heterocycles. The van der Waals surface area contributed by atoms with Crippen LogP contribution in [0.5, 0.6) is 0 Å². The predicted molar refractivity (Wildman–Crippen MR) is 115 cm³/mol. The van der Waals surface area contributed by atoms with Gasteiger partial charge in [0.25, 0.3) is 0 Å². The summed E-state index contributed by atoms with van der Waals surface area (Å²) in [6.07, 6.45) is 16.1. The van der Waals surface area contributed by atoms with Crippen LogP contribution in [0.15, 0.2) is 0 Å². The number of hydrogen-bond donors (Lipinski definition) is 0. The minimum absolute atomic E-state index is 0.0258. The molecule has 160 valence electrons. The molecule has 0 spiro atoms. The van der Waals surface area contributed by atoms with Gasteiger partial charge in [0.05, 0.1) is 5.41 Å². The maximum absolute atomic E-state index is 12.7. The first-order valence-electron chi connectivity index (χ1n) is 12.4. The molecule has 4 aliphatic rings. The second-order valence-electron chi connectivity index (χ2n) is 12.1. The zero-order chi connectivity index (χ0) is 20.2. The third-order valence-electron chi connectivity index (χ3n) is 10.3. The van der Waals surface area contributed by atoms with Gasteiger partial charge in [0, 0.05) is 0 Å². The number of ether oxygens (including phenoxy) is 1. The summed E-state index contributed by atoms with van der Waals surface area (Å²) in [7, 11) is 0. The van der Waals surface area contributed by atoms with Gasteiger partial charge in [-0.15, -0.1) is 0 Å². The first-order valence-corrected chi connectivity index (χ1v) is 12.4. The minimum atomic E-state index is -0.346. The van der Waals surface area contributed by atoms with Crippen molar-refractivity contribution in [2.24, 2.45) is 39.9 Å². The Kier molecular flexibility index (Phi) is 5.41. The Morgan fingerprint density at radius 3 is 2.46 bits per heavy atom. The van der Waals surface area contributed by atoms with Crippen LogP contribution in [-0.2, 0) is 9.53 Å². The van der Waals surface area contributed by atoms with Crippen molar-refractivity contribution in [3.8, 4) is 0 Å². The molecular formula is C26H44O2. The van der Waals surface area contributed by atoms with Crippen molar-refractivity contribution in [2.75, 3.05) is 0 Å². The van der Waals surface area contributed by atoms with Gasteiger partial charge < -0.3 is 4.74 Å². The van der Waals surface area contributed by atoms with Gasteiger partial charge in [-0.2, -0.15) is 0 Å². The predicted octanol–water partition coefficient (Wildman–Crippen LogP) is 7.16. The van der Waals surface area contributed by atoms with Crippen LogP contribution >= 0.6 is 0 Å². The lowest BCUT2D eigenvalue weighted by Crippen LogP contribution is -2.55. The highest BCUT2D eigenvalue weighted by atomic mass is 16.5. The molecule has 4 aliphatic carbocycles. The molecule has 0 radical (unpaired) electrons. The van der Waals surface area contributed by atoms with E-state index in [4.69, 9.17) is 4.74 Å². The Balaban J connectivity index is 1.51. The molecule has 0 amide bonds. The highest BCUT2D eigenvalue weighted by Crippen LogP contribution is 2.65. The molecule has 28 heavy (non-hydrogen) atoms. The fourth-order valence-corrected chi connectivity index (χ4v) is 8.02. The van der Waals surface area contributed by atoms with Crippen molar-refractivity contribution in [3.05, 3.63) is 0 Å². The first-order chi connectivity index (χ1) is 13.2. The average Bonchev–Trinajstić information content (AvgIpc) is 2.66. The fraction of sp³-hybridized carbons (Fsp3) is 0.962. The van der Waals surface area contributed by atoms with Crippen LogP contribution in [0.3, 0.4) is 0 Å². The van der Waals surface area contributed by atoms with E-state index in [1.165, 1.54) is 57.8 Å². The van der Waals surface area contributed by atoms with Crippen molar-refractivity contribution >= 4 is 5.97 Å². The summed E-state index contributed by atoms with van der Waals surface area (Å²) in [4.78, 5) is 12.7. The maximum Gasteiger partial charge on any atom is 0.311 e. The Hall–Kier alpha value is -0.530. The van der Waals surface area contributed by atoms with Crippen LogP contribution in [0.1, 0.15) is 112 Å². The zero-order valence-corrected chi connectivity index (χ0v) is 19.2. The lowest BCUT2D eigenvalue weighted by atomic mass is 9.43. The smallest absolute Gasteiger partial charge is 0.311 e. The van der Waals surface area contributed by atoms with E-state index in [-0.39, 0.29) is 17.5 Å². The SMILES string of the molecule is CCC(C)(C)C(=O)OC1CCC2CCC3C4CCCC[C@@]4(C)CCC3[C@@]2(C)C1. The van der Waals surface area contributed by atoms with Crippen molar-refractivity contribution in [1.29, 1.82) is 0 Å². The van der Waals surface area contributed by atoms with Gasteiger partial charge in [0.15, 0.2) is 0 Å². The number of hydrogen-bond acceptors (Lipinski definition) is 2.